The van der Waals surface area contributed by atoms with Crippen LogP contribution in [0.5, 0.6) is 0 Å². The van der Waals surface area contributed by atoms with E-state index in [9.17, 15) is 9.59 Å². The Morgan fingerprint density at radius 1 is 1.06 bits per heavy atom. The zero-order valence-corrected chi connectivity index (χ0v) is 17.2. The Bertz CT molecular complexity index is 1290. The molecular formula is C23H22N6O2. The number of amides is 1. The predicted octanol–water partition coefficient (Wildman–Crippen LogP) is 3.09. The first kappa shape index (κ1) is 20.1. The molecule has 0 fully saturated rings. The van der Waals surface area contributed by atoms with Crippen molar-refractivity contribution in [2.75, 3.05) is 11.1 Å². The van der Waals surface area contributed by atoms with Crippen molar-refractivity contribution in [2.24, 2.45) is 7.05 Å². The van der Waals surface area contributed by atoms with Gasteiger partial charge in [0.25, 0.3) is 11.5 Å². The lowest BCUT2D eigenvalue weighted by atomic mass is 10.1. The molecule has 8 nitrogen and oxygen atoms in total. The average Bonchev–Trinajstić information content (AvgIpc) is 3.21. The van der Waals surface area contributed by atoms with Crippen molar-refractivity contribution in [3.05, 3.63) is 94.5 Å². The fourth-order valence-electron chi connectivity index (χ4n) is 3.27. The van der Waals surface area contributed by atoms with E-state index in [4.69, 9.17) is 5.73 Å². The highest BCUT2D eigenvalue weighted by Crippen LogP contribution is 2.21. The number of benzene rings is 2. The number of hydrogen-bond acceptors (Lipinski definition) is 5. The van der Waals surface area contributed by atoms with Gasteiger partial charge in [-0.05, 0) is 42.8 Å². The minimum Gasteiger partial charge on any atom is -0.397 e. The largest absolute Gasteiger partial charge is 0.397 e. The fourth-order valence-corrected chi connectivity index (χ4v) is 3.27. The summed E-state index contributed by atoms with van der Waals surface area (Å²) < 4.78 is 3.12. The molecular weight excluding hydrogens is 392 g/mol. The summed E-state index contributed by atoms with van der Waals surface area (Å²) in [6.07, 6.45) is 3.55. The molecule has 4 rings (SSSR count). The van der Waals surface area contributed by atoms with Gasteiger partial charge in [-0.1, -0.05) is 24.3 Å². The third-order valence-electron chi connectivity index (χ3n) is 5.06. The fraction of sp³-hybridized carbons (Fsp3) is 0.130. The first-order valence-corrected chi connectivity index (χ1v) is 9.77. The van der Waals surface area contributed by atoms with Crippen LogP contribution in [-0.2, 0) is 7.05 Å². The molecule has 0 aliphatic carbocycles. The van der Waals surface area contributed by atoms with Crippen molar-refractivity contribution in [2.45, 2.75) is 13.0 Å². The molecule has 3 N–H and O–H groups in total. The summed E-state index contributed by atoms with van der Waals surface area (Å²) in [4.78, 5) is 25.0. The summed E-state index contributed by atoms with van der Waals surface area (Å²) in [5.41, 5.74) is 9.58. The zero-order valence-electron chi connectivity index (χ0n) is 17.2. The molecule has 8 heteroatoms. The van der Waals surface area contributed by atoms with Crippen LogP contribution in [0.3, 0.4) is 0 Å². The van der Waals surface area contributed by atoms with Crippen LogP contribution in [-0.4, -0.2) is 25.5 Å². The number of para-hydroxylation sites is 2. The maximum absolute atomic E-state index is 12.5. The number of nitrogens with two attached hydrogens (primary N) is 1. The molecule has 4 aromatic rings. The molecule has 0 unspecified atom stereocenters. The molecule has 0 spiro atoms. The van der Waals surface area contributed by atoms with Crippen molar-refractivity contribution >= 4 is 17.3 Å². The molecule has 0 bridgehead atoms. The van der Waals surface area contributed by atoms with Gasteiger partial charge in [0.15, 0.2) is 0 Å². The first-order chi connectivity index (χ1) is 14.9. The van der Waals surface area contributed by atoms with Crippen LogP contribution < -0.4 is 16.6 Å². The second-order valence-corrected chi connectivity index (χ2v) is 7.24. The molecule has 156 valence electrons. The third kappa shape index (κ3) is 4.23. The van der Waals surface area contributed by atoms with Gasteiger partial charge in [0, 0.05) is 30.4 Å². The van der Waals surface area contributed by atoms with E-state index in [1.54, 1.807) is 53.3 Å². The van der Waals surface area contributed by atoms with Crippen LogP contribution in [0.4, 0.5) is 11.4 Å². The van der Waals surface area contributed by atoms with E-state index >= 15 is 0 Å². The summed E-state index contributed by atoms with van der Waals surface area (Å²) in [5.74, 6) is -0.258. The van der Waals surface area contributed by atoms with Gasteiger partial charge >= 0.3 is 0 Å². The normalized spacial score (nSPS) is 11.8. The lowest BCUT2D eigenvalue weighted by Crippen LogP contribution is -2.26. The van der Waals surface area contributed by atoms with Crippen molar-refractivity contribution in [1.82, 2.24) is 19.6 Å². The molecule has 0 aliphatic rings. The molecule has 1 atom stereocenters. The van der Waals surface area contributed by atoms with E-state index < -0.39 is 0 Å². The summed E-state index contributed by atoms with van der Waals surface area (Å²) in [6.45, 7) is 1.89. The summed E-state index contributed by atoms with van der Waals surface area (Å²) in [5, 5.41) is 11.5. The molecule has 31 heavy (non-hydrogen) atoms. The molecule has 2 aromatic heterocycles. The second-order valence-electron chi connectivity index (χ2n) is 7.24. The lowest BCUT2D eigenvalue weighted by molar-refractivity contribution is 0.102. The number of hydrogen-bond donors (Lipinski definition) is 2. The van der Waals surface area contributed by atoms with Gasteiger partial charge in [-0.15, -0.1) is 0 Å². The van der Waals surface area contributed by atoms with Gasteiger partial charge in [-0.25, -0.2) is 4.68 Å². The van der Waals surface area contributed by atoms with Crippen LogP contribution in [0.1, 0.15) is 28.9 Å². The Morgan fingerprint density at radius 3 is 2.48 bits per heavy atom. The quantitative estimate of drug-likeness (QED) is 0.488. The average molecular weight is 414 g/mol. The van der Waals surface area contributed by atoms with Gasteiger partial charge in [0.05, 0.1) is 29.3 Å². The smallest absolute Gasteiger partial charge is 0.267 e. The zero-order chi connectivity index (χ0) is 22.0. The van der Waals surface area contributed by atoms with E-state index in [2.05, 4.69) is 15.5 Å². The van der Waals surface area contributed by atoms with Gasteiger partial charge in [-0.2, -0.15) is 10.2 Å². The van der Waals surface area contributed by atoms with Crippen LogP contribution in [0, 0.1) is 0 Å². The van der Waals surface area contributed by atoms with Gasteiger partial charge in [-0.3, -0.25) is 14.3 Å². The topological polar surface area (TPSA) is 108 Å². The SMILES string of the molecule is C[C@@H](c1ccc(C(=O)Nc2ccccc2N)cc1)n1nc(-c2cnn(C)c2)ccc1=O. The summed E-state index contributed by atoms with van der Waals surface area (Å²) in [7, 11) is 1.83. The van der Waals surface area contributed by atoms with E-state index in [-0.39, 0.29) is 17.5 Å². The minimum atomic E-state index is -0.314. The van der Waals surface area contributed by atoms with E-state index in [1.807, 2.05) is 32.3 Å². The van der Waals surface area contributed by atoms with Gasteiger partial charge < -0.3 is 11.1 Å². The lowest BCUT2D eigenvalue weighted by Gasteiger charge is -2.15. The Morgan fingerprint density at radius 2 is 1.81 bits per heavy atom. The number of nitrogens with zero attached hydrogens (tertiary/aromatic N) is 4. The standard InChI is InChI=1S/C23H22N6O2/c1-15(29-22(30)12-11-20(27-29)18-13-25-28(2)14-18)16-7-9-17(10-8-16)23(31)26-21-6-4-3-5-19(21)24/h3-15H,24H2,1-2H3,(H,26,31)/t15-/m0/s1. The minimum absolute atomic E-state index is 0.207. The number of anilines is 2. The molecule has 2 aromatic carbocycles. The van der Waals surface area contributed by atoms with Gasteiger partial charge in [0.1, 0.15) is 0 Å². The number of carbonyl (C=O) groups is 1. The summed E-state index contributed by atoms with van der Waals surface area (Å²) >= 11 is 0. The Balaban J connectivity index is 1.56. The number of aryl methyl sites for hydroxylation is 1. The van der Waals surface area contributed by atoms with E-state index in [0.29, 0.717) is 22.6 Å². The number of rotatable bonds is 5. The number of nitrogens with one attached hydrogen (secondary N) is 1. The van der Waals surface area contributed by atoms with Crippen LogP contribution in [0.15, 0.2) is 77.9 Å². The maximum Gasteiger partial charge on any atom is 0.267 e. The van der Waals surface area contributed by atoms with Crippen LogP contribution in [0.2, 0.25) is 0 Å². The Kier molecular flexibility index (Phi) is 5.36. The highest BCUT2D eigenvalue weighted by molar-refractivity contribution is 6.05. The molecule has 0 saturated carbocycles. The van der Waals surface area contributed by atoms with Crippen LogP contribution in [0.25, 0.3) is 11.3 Å². The Hall–Kier alpha value is -4.20. The molecule has 0 saturated heterocycles. The number of aromatic nitrogens is 4. The summed E-state index contributed by atoms with van der Waals surface area (Å²) in [6, 6.07) is 17.0. The van der Waals surface area contributed by atoms with Crippen molar-refractivity contribution in [3.63, 3.8) is 0 Å². The van der Waals surface area contributed by atoms with Crippen molar-refractivity contribution < 1.29 is 4.79 Å². The molecule has 1 amide bonds. The molecule has 0 radical (unpaired) electrons. The maximum atomic E-state index is 12.5. The number of carbonyl (C=O) groups excluding carboxylic acids is 1. The van der Waals surface area contributed by atoms with E-state index in [0.717, 1.165) is 11.1 Å². The predicted molar refractivity (Wildman–Crippen MR) is 120 cm³/mol. The number of nitrogen functional groups attached to an aromatic ring is 1. The third-order valence-corrected chi connectivity index (χ3v) is 5.06. The van der Waals surface area contributed by atoms with Crippen molar-refractivity contribution in [1.29, 1.82) is 0 Å². The highest BCUT2D eigenvalue weighted by atomic mass is 16.1. The first-order valence-electron chi connectivity index (χ1n) is 9.77. The monoisotopic (exact) mass is 414 g/mol. The van der Waals surface area contributed by atoms with Crippen LogP contribution >= 0.6 is 0 Å². The van der Waals surface area contributed by atoms with E-state index in [1.165, 1.54) is 10.7 Å². The Labute approximate surface area is 179 Å². The van der Waals surface area contributed by atoms with Gasteiger partial charge in [0.2, 0.25) is 0 Å². The van der Waals surface area contributed by atoms with Crippen molar-refractivity contribution in [3.8, 4) is 11.3 Å². The second kappa shape index (κ2) is 8.27. The highest BCUT2D eigenvalue weighted by Gasteiger charge is 2.14. The molecule has 2 heterocycles. The molecule has 0 aliphatic heterocycles.